The molecule has 0 fully saturated rings. The van der Waals surface area contributed by atoms with Crippen molar-refractivity contribution in [2.45, 2.75) is 55.4 Å². The smallest absolute Gasteiger partial charge is 0.271 e. The summed E-state index contributed by atoms with van der Waals surface area (Å²) in [7, 11) is 0. The van der Waals surface area contributed by atoms with Gasteiger partial charge in [-0.2, -0.15) is 0 Å². The molecule has 0 unspecified atom stereocenters. The minimum Gasteiger partial charge on any atom is -0.449 e. The lowest BCUT2D eigenvalue weighted by Gasteiger charge is -2.24. The van der Waals surface area contributed by atoms with Crippen molar-refractivity contribution in [2.24, 2.45) is 0 Å². The molecule has 4 aromatic carbocycles. The lowest BCUT2D eigenvalue weighted by atomic mass is 10.0. The summed E-state index contributed by atoms with van der Waals surface area (Å²) in [5.74, 6) is -0.929. The first-order valence-corrected chi connectivity index (χ1v) is 14.5. The average Bonchev–Trinajstić information content (AvgIpc) is 2.89. The van der Waals surface area contributed by atoms with Crippen molar-refractivity contribution in [3.05, 3.63) is 140 Å². The highest BCUT2D eigenvalue weighted by Gasteiger charge is 2.42. The van der Waals surface area contributed by atoms with E-state index in [0.29, 0.717) is 23.0 Å². The molecule has 0 bridgehead atoms. The highest BCUT2D eigenvalue weighted by Crippen LogP contribution is 2.34. The van der Waals surface area contributed by atoms with E-state index in [9.17, 15) is 9.59 Å². The van der Waals surface area contributed by atoms with Crippen LogP contribution >= 0.6 is 0 Å². The van der Waals surface area contributed by atoms with Gasteiger partial charge in [0.2, 0.25) is 23.0 Å². The molecule has 0 heterocycles. The Morgan fingerprint density at radius 3 is 0.614 bits per heavy atom. The van der Waals surface area contributed by atoms with Crippen molar-refractivity contribution >= 4 is 11.6 Å². The third kappa shape index (κ3) is 6.92. The van der Waals surface area contributed by atoms with E-state index < -0.39 is 11.6 Å². The third-order valence-electron chi connectivity index (χ3n) is 6.90. The predicted molar refractivity (Wildman–Crippen MR) is 170 cm³/mol. The summed E-state index contributed by atoms with van der Waals surface area (Å²) < 4.78 is 24.8. The second-order valence-electron chi connectivity index (χ2n) is 11.7. The molecule has 0 N–H and O–H groups in total. The summed E-state index contributed by atoms with van der Waals surface area (Å²) >= 11 is 0. The third-order valence-corrected chi connectivity index (χ3v) is 6.90. The van der Waals surface area contributed by atoms with Gasteiger partial charge < -0.3 is 18.9 Å². The first-order chi connectivity index (χ1) is 20.8. The van der Waals surface area contributed by atoms with Crippen LogP contribution in [0.2, 0.25) is 0 Å². The van der Waals surface area contributed by atoms with Gasteiger partial charge in [0, 0.05) is 0 Å². The summed E-state index contributed by atoms with van der Waals surface area (Å²) in [5, 5.41) is 0. The second-order valence-corrected chi connectivity index (χ2v) is 11.7. The second kappa shape index (κ2) is 12.3. The molecule has 0 saturated carbocycles. The Hall–Kier alpha value is -5.10. The van der Waals surface area contributed by atoms with E-state index in [4.69, 9.17) is 18.9 Å². The van der Waals surface area contributed by atoms with Gasteiger partial charge in [-0.15, -0.1) is 0 Å². The van der Waals surface area contributed by atoms with Gasteiger partial charge >= 0.3 is 0 Å². The molecule has 0 radical (unpaired) electrons. The van der Waals surface area contributed by atoms with Crippen LogP contribution in [0.15, 0.2) is 95.8 Å². The molecule has 44 heavy (non-hydrogen) atoms. The SMILES string of the molecule is Cc1cc(C)cc(OC2=C(Oc3cc(C)cc(C)c3)C(=O)C(Oc3cc(C)cc(C)c3)=C(Oc3cc(C)cc(C)c3)C2=O)c1. The Bertz CT molecular complexity index is 1530. The van der Waals surface area contributed by atoms with Crippen molar-refractivity contribution in [1.82, 2.24) is 0 Å². The lowest BCUT2D eigenvalue weighted by molar-refractivity contribution is -0.122. The quantitative estimate of drug-likeness (QED) is 0.193. The van der Waals surface area contributed by atoms with Gasteiger partial charge in [0.15, 0.2) is 0 Å². The Labute approximate surface area is 258 Å². The van der Waals surface area contributed by atoms with Crippen LogP contribution in [0.5, 0.6) is 23.0 Å². The largest absolute Gasteiger partial charge is 0.449 e. The Morgan fingerprint density at radius 2 is 0.455 bits per heavy atom. The standard InChI is InChI=1S/C38H36O6/c1-21-9-22(2)14-29(13-21)41-35-33(39)37(43-31-17-25(5)11-26(6)18-31)38(44-32-19-27(7)12-28(8)20-32)34(40)36(35)42-30-15-23(3)10-24(4)16-30/h9-20H,1-8H3. The van der Waals surface area contributed by atoms with Crippen molar-refractivity contribution in [3.63, 3.8) is 0 Å². The molecule has 1 aliphatic rings. The average molecular weight is 589 g/mol. The van der Waals surface area contributed by atoms with Gasteiger partial charge in [-0.25, -0.2) is 0 Å². The number of ketones is 2. The first kappa shape index (κ1) is 30.4. The minimum atomic E-state index is -0.679. The van der Waals surface area contributed by atoms with Crippen LogP contribution in [0.25, 0.3) is 0 Å². The van der Waals surface area contributed by atoms with E-state index in [1.165, 1.54) is 0 Å². The van der Waals surface area contributed by atoms with E-state index in [-0.39, 0.29) is 23.0 Å². The van der Waals surface area contributed by atoms with Gasteiger partial charge in [-0.3, -0.25) is 9.59 Å². The zero-order chi connectivity index (χ0) is 31.7. The molecule has 1 aliphatic carbocycles. The number of carbonyl (C=O) groups excluding carboxylic acids is 2. The maximum atomic E-state index is 14.4. The number of hydrogen-bond acceptors (Lipinski definition) is 6. The summed E-state index contributed by atoms with van der Waals surface area (Å²) in [6.45, 7) is 15.4. The van der Waals surface area contributed by atoms with Crippen LogP contribution in [-0.4, -0.2) is 11.6 Å². The van der Waals surface area contributed by atoms with E-state index in [1.807, 2.05) is 79.7 Å². The zero-order valence-corrected chi connectivity index (χ0v) is 26.4. The lowest BCUT2D eigenvalue weighted by Crippen LogP contribution is -2.33. The molecule has 5 rings (SSSR count). The molecule has 0 amide bonds. The van der Waals surface area contributed by atoms with Crippen LogP contribution in [0.1, 0.15) is 44.5 Å². The van der Waals surface area contributed by atoms with Crippen molar-refractivity contribution < 1.29 is 28.5 Å². The fourth-order valence-corrected chi connectivity index (χ4v) is 5.43. The molecule has 4 aromatic rings. The highest BCUT2D eigenvalue weighted by molar-refractivity contribution is 6.22. The topological polar surface area (TPSA) is 71.1 Å². The van der Waals surface area contributed by atoms with E-state index in [2.05, 4.69) is 0 Å². The summed E-state index contributed by atoms with van der Waals surface area (Å²) in [6.07, 6.45) is 0. The number of benzene rings is 4. The molecule has 0 aliphatic heterocycles. The molecule has 0 atom stereocenters. The highest BCUT2D eigenvalue weighted by atomic mass is 16.6. The number of hydrogen-bond donors (Lipinski definition) is 0. The summed E-state index contributed by atoms with van der Waals surface area (Å²) in [6, 6.07) is 22.3. The molecular formula is C38H36O6. The Balaban J connectivity index is 1.69. The van der Waals surface area contributed by atoms with E-state index >= 15 is 0 Å². The number of rotatable bonds is 8. The molecule has 224 valence electrons. The predicted octanol–water partition coefficient (Wildman–Crippen LogP) is 8.34. The van der Waals surface area contributed by atoms with Gasteiger partial charge in [0.25, 0.3) is 11.6 Å². The number of aryl methyl sites for hydroxylation is 8. The van der Waals surface area contributed by atoms with Crippen molar-refractivity contribution in [1.29, 1.82) is 0 Å². The Kier molecular flexibility index (Phi) is 8.45. The molecule has 6 heteroatoms. The van der Waals surface area contributed by atoms with Crippen molar-refractivity contribution in [3.8, 4) is 23.0 Å². The van der Waals surface area contributed by atoms with Gasteiger partial charge in [-0.1, -0.05) is 24.3 Å². The monoisotopic (exact) mass is 588 g/mol. The minimum absolute atomic E-state index is 0.286. The van der Waals surface area contributed by atoms with Gasteiger partial charge in [0.05, 0.1) is 0 Å². The first-order valence-electron chi connectivity index (χ1n) is 14.5. The maximum absolute atomic E-state index is 14.4. The van der Waals surface area contributed by atoms with Crippen LogP contribution < -0.4 is 18.9 Å². The molecule has 0 spiro atoms. The Morgan fingerprint density at radius 1 is 0.295 bits per heavy atom. The van der Waals surface area contributed by atoms with Crippen LogP contribution in [-0.2, 0) is 9.59 Å². The van der Waals surface area contributed by atoms with Crippen LogP contribution in [0.3, 0.4) is 0 Å². The number of carbonyl (C=O) groups is 2. The number of ether oxygens (including phenoxy) is 4. The van der Waals surface area contributed by atoms with Crippen LogP contribution in [0, 0.1) is 55.4 Å². The molecule has 0 saturated heterocycles. The fourth-order valence-electron chi connectivity index (χ4n) is 5.43. The maximum Gasteiger partial charge on any atom is 0.271 e. The van der Waals surface area contributed by atoms with Gasteiger partial charge in [-0.05, 0) is 148 Å². The van der Waals surface area contributed by atoms with Gasteiger partial charge in [0.1, 0.15) is 23.0 Å². The zero-order valence-electron chi connectivity index (χ0n) is 26.4. The van der Waals surface area contributed by atoms with E-state index in [1.54, 1.807) is 48.5 Å². The molecule has 0 aromatic heterocycles. The van der Waals surface area contributed by atoms with E-state index in [0.717, 1.165) is 44.5 Å². The summed E-state index contributed by atoms with van der Waals surface area (Å²) in [4.78, 5) is 28.8. The summed E-state index contributed by atoms with van der Waals surface area (Å²) in [5.41, 5.74) is 7.50. The molecule has 6 nitrogen and oxygen atoms in total. The fraction of sp³-hybridized carbons (Fsp3) is 0.211. The normalized spacial score (nSPS) is 13.4. The van der Waals surface area contributed by atoms with Crippen molar-refractivity contribution in [2.75, 3.05) is 0 Å². The van der Waals surface area contributed by atoms with Crippen LogP contribution in [0.4, 0.5) is 0 Å². The molecular weight excluding hydrogens is 552 g/mol. The number of Topliss-reactive ketones (excluding diaryl/α,β-unsaturated/α-hetero) is 2.